The van der Waals surface area contributed by atoms with Gasteiger partial charge in [-0.15, -0.1) is 0 Å². The summed E-state index contributed by atoms with van der Waals surface area (Å²) in [5.41, 5.74) is 0. The monoisotopic (exact) mass is 290 g/mol. The highest BCUT2D eigenvalue weighted by molar-refractivity contribution is 5.76. The fourth-order valence-corrected chi connectivity index (χ4v) is 3.86. The Hall–Kier alpha value is -1.29. The predicted octanol–water partition coefficient (Wildman–Crippen LogP) is 2.73. The molecule has 2 aliphatic rings. The number of nitrogens with one attached hydrogen (secondary N) is 1. The lowest BCUT2D eigenvalue weighted by Crippen LogP contribution is -2.50. The highest BCUT2D eigenvalue weighted by Gasteiger charge is 2.37. The van der Waals surface area contributed by atoms with Gasteiger partial charge in [0, 0.05) is 37.5 Å². The second kappa shape index (κ2) is 6.65. The third-order valence-corrected chi connectivity index (χ3v) is 4.84. The number of piperidine rings is 1. The Balaban J connectivity index is 1.59. The molecule has 4 nitrogen and oxygen atoms in total. The number of rotatable bonds is 6. The summed E-state index contributed by atoms with van der Waals surface area (Å²) in [6.45, 7) is 3.05. The molecule has 1 N–H and O–H groups in total. The topological polar surface area (TPSA) is 45.5 Å². The van der Waals surface area contributed by atoms with Crippen LogP contribution in [-0.4, -0.2) is 35.5 Å². The number of carbonyl (C=O) groups excluding carboxylic acids is 1. The van der Waals surface area contributed by atoms with Gasteiger partial charge in [-0.2, -0.15) is 0 Å². The van der Waals surface area contributed by atoms with E-state index in [4.69, 9.17) is 4.42 Å². The lowest BCUT2D eigenvalue weighted by molar-refractivity contribution is -0.134. The minimum atomic E-state index is 0.291. The average molecular weight is 290 g/mol. The quantitative estimate of drug-likeness (QED) is 0.876. The molecule has 21 heavy (non-hydrogen) atoms. The maximum atomic E-state index is 12.6. The van der Waals surface area contributed by atoms with Gasteiger partial charge in [-0.1, -0.05) is 6.92 Å². The van der Waals surface area contributed by atoms with Crippen molar-refractivity contribution >= 4 is 5.91 Å². The van der Waals surface area contributed by atoms with Gasteiger partial charge in [0.1, 0.15) is 5.76 Å². The van der Waals surface area contributed by atoms with Gasteiger partial charge in [0.05, 0.1) is 6.26 Å². The first-order valence-electron chi connectivity index (χ1n) is 8.34. The van der Waals surface area contributed by atoms with E-state index in [1.165, 1.54) is 12.8 Å². The van der Waals surface area contributed by atoms with Crippen LogP contribution in [0.15, 0.2) is 22.8 Å². The molecule has 1 aromatic rings. The SMILES string of the molecule is CCCN(C(=O)CCc1ccco1)C1CC2CCC(C1)N2. The maximum absolute atomic E-state index is 12.6. The Kier molecular flexibility index (Phi) is 4.63. The molecule has 0 saturated carbocycles. The zero-order valence-electron chi connectivity index (χ0n) is 12.9. The van der Waals surface area contributed by atoms with Crippen LogP contribution in [0.25, 0.3) is 0 Å². The van der Waals surface area contributed by atoms with Crippen LogP contribution in [-0.2, 0) is 11.2 Å². The van der Waals surface area contributed by atoms with E-state index < -0.39 is 0 Å². The molecule has 3 rings (SSSR count). The van der Waals surface area contributed by atoms with E-state index in [1.807, 2.05) is 12.1 Å². The van der Waals surface area contributed by atoms with Crippen LogP contribution in [0.4, 0.5) is 0 Å². The summed E-state index contributed by atoms with van der Waals surface area (Å²) in [6, 6.07) is 5.53. The molecule has 0 radical (unpaired) electrons. The van der Waals surface area contributed by atoms with Crippen molar-refractivity contribution in [1.82, 2.24) is 10.2 Å². The molecule has 0 aromatic carbocycles. The number of hydrogen-bond donors (Lipinski definition) is 1. The van der Waals surface area contributed by atoms with Crippen LogP contribution in [0.5, 0.6) is 0 Å². The zero-order valence-corrected chi connectivity index (χ0v) is 12.9. The predicted molar refractivity (Wildman–Crippen MR) is 82.0 cm³/mol. The molecule has 2 aliphatic heterocycles. The van der Waals surface area contributed by atoms with Crippen molar-refractivity contribution in [3.05, 3.63) is 24.2 Å². The van der Waals surface area contributed by atoms with Gasteiger partial charge in [-0.3, -0.25) is 4.79 Å². The molecule has 1 amide bonds. The van der Waals surface area contributed by atoms with Crippen molar-refractivity contribution in [1.29, 1.82) is 0 Å². The first kappa shape index (κ1) is 14.6. The molecule has 2 atom stereocenters. The highest BCUT2D eigenvalue weighted by Crippen LogP contribution is 2.30. The molecule has 2 unspecified atom stereocenters. The lowest BCUT2D eigenvalue weighted by atomic mass is 9.97. The van der Waals surface area contributed by atoms with Crippen molar-refractivity contribution in [3.8, 4) is 0 Å². The molecule has 2 bridgehead atoms. The van der Waals surface area contributed by atoms with Gasteiger partial charge in [-0.25, -0.2) is 0 Å². The third-order valence-electron chi connectivity index (χ3n) is 4.84. The minimum Gasteiger partial charge on any atom is -0.469 e. The molecule has 3 heterocycles. The average Bonchev–Trinajstić information content (AvgIpc) is 3.12. The standard InChI is InChI=1S/C17H26N2O2/c1-2-9-19(15-11-13-5-6-14(12-15)18-13)17(20)8-7-16-4-3-10-21-16/h3-4,10,13-15,18H,2,5-9,11-12H2,1H3. The van der Waals surface area contributed by atoms with Gasteiger partial charge >= 0.3 is 0 Å². The minimum absolute atomic E-state index is 0.291. The van der Waals surface area contributed by atoms with Gasteiger partial charge in [0.2, 0.25) is 5.91 Å². The van der Waals surface area contributed by atoms with Gasteiger partial charge in [0.25, 0.3) is 0 Å². The van der Waals surface area contributed by atoms with Crippen LogP contribution >= 0.6 is 0 Å². The molecule has 4 heteroatoms. The molecule has 0 spiro atoms. The highest BCUT2D eigenvalue weighted by atomic mass is 16.3. The van der Waals surface area contributed by atoms with E-state index in [-0.39, 0.29) is 0 Å². The Labute approximate surface area is 126 Å². The van der Waals surface area contributed by atoms with Crippen LogP contribution < -0.4 is 5.32 Å². The van der Waals surface area contributed by atoms with Crippen LogP contribution in [0.3, 0.4) is 0 Å². The van der Waals surface area contributed by atoms with Crippen LogP contribution in [0.1, 0.15) is 51.2 Å². The Morgan fingerprint density at radius 2 is 2.14 bits per heavy atom. The molecule has 116 valence electrons. The van der Waals surface area contributed by atoms with Crippen molar-refractivity contribution in [2.75, 3.05) is 6.54 Å². The third kappa shape index (κ3) is 3.49. The summed E-state index contributed by atoms with van der Waals surface area (Å²) in [5, 5.41) is 3.66. The number of aryl methyl sites for hydroxylation is 1. The van der Waals surface area contributed by atoms with Crippen molar-refractivity contribution < 1.29 is 9.21 Å². The summed E-state index contributed by atoms with van der Waals surface area (Å²) in [5.74, 6) is 1.20. The van der Waals surface area contributed by atoms with Gasteiger partial charge in [0.15, 0.2) is 0 Å². The largest absolute Gasteiger partial charge is 0.469 e. The van der Waals surface area contributed by atoms with Crippen LogP contribution in [0, 0.1) is 0 Å². The normalized spacial score (nSPS) is 27.8. The molecule has 1 aromatic heterocycles. The number of carbonyl (C=O) groups is 1. The van der Waals surface area contributed by atoms with E-state index in [1.54, 1.807) is 6.26 Å². The second-order valence-corrected chi connectivity index (χ2v) is 6.43. The smallest absolute Gasteiger partial charge is 0.223 e. The van der Waals surface area contributed by atoms with E-state index in [0.717, 1.165) is 31.6 Å². The number of furan rings is 1. The number of nitrogens with zero attached hydrogens (tertiary/aromatic N) is 1. The van der Waals surface area contributed by atoms with E-state index in [2.05, 4.69) is 17.1 Å². The number of amides is 1. The molecular weight excluding hydrogens is 264 g/mol. The summed E-state index contributed by atoms with van der Waals surface area (Å²) in [6.07, 6.45) is 8.80. The first-order chi connectivity index (χ1) is 10.3. The fourth-order valence-electron chi connectivity index (χ4n) is 3.86. The first-order valence-corrected chi connectivity index (χ1v) is 8.34. The van der Waals surface area contributed by atoms with Gasteiger partial charge < -0.3 is 14.6 Å². The lowest BCUT2D eigenvalue weighted by Gasteiger charge is -2.38. The Bertz CT molecular complexity index is 445. The fraction of sp³-hybridized carbons (Fsp3) is 0.706. The summed E-state index contributed by atoms with van der Waals surface area (Å²) >= 11 is 0. The van der Waals surface area contributed by atoms with E-state index in [9.17, 15) is 4.79 Å². The summed E-state index contributed by atoms with van der Waals surface area (Å²) < 4.78 is 5.33. The van der Waals surface area contributed by atoms with Crippen molar-refractivity contribution in [2.24, 2.45) is 0 Å². The number of fused-ring (bicyclic) bond motifs is 2. The van der Waals surface area contributed by atoms with E-state index in [0.29, 0.717) is 36.9 Å². The van der Waals surface area contributed by atoms with Crippen molar-refractivity contribution in [3.63, 3.8) is 0 Å². The Morgan fingerprint density at radius 1 is 1.38 bits per heavy atom. The second-order valence-electron chi connectivity index (χ2n) is 6.43. The number of hydrogen-bond acceptors (Lipinski definition) is 3. The summed E-state index contributed by atoms with van der Waals surface area (Å²) in [7, 11) is 0. The van der Waals surface area contributed by atoms with E-state index >= 15 is 0 Å². The zero-order chi connectivity index (χ0) is 14.7. The van der Waals surface area contributed by atoms with Crippen molar-refractivity contribution in [2.45, 2.75) is 70.0 Å². The Morgan fingerprint density at radius 3 is 2.76 bits per heavy atom. The maximum Gasteiger partial charge on any atom is 0.223 e. The van der Waals surface area contributed by atoms with Crippen LogP contribution in [0.2, 0.25) is 0 Å². The molecule has 2 saturated heterocycles. The van der Waals surface area contributed by atoms with Gasteiger partial charge in [-0.05, 0) is 44.2 Å². The molecule has 0 aliphatic carbocycles. The summed E-state index contributed by atoms with van der Waals surface area (Å²) in [4.78, 5) is 14.8. The molecule has 2 fully saturated rings. The molecular formula is C17H26N2O2.